The highest BCUT2D eigenvalue weighted by Gasteiger charge is 2.25. The van der Waals surface area contributed by atoms with Gasteiger partial charge in [0.1, 0.15) is 22.1 Å². The Kier molecular flexibility index (Phi) is 8.74. The molecule has 0 bridgehead atoms. The molecule has 0 saturated carbocycles. The number of hydrogen-bond acceptors (Lipinski definition) is 6. The summed E-state index contributed by atoms with van der Waals surface area (Å²) in [6.07, 6.45) is 0. The van der Waals surface area contributed by atoms with Crippen molar-refractivity contribution in [3.05, 3.63) is 62.9 Å². The van der Waals surface area contributed by atoms with Crippen LogP contribution in [-0.2, 0) is 9.53 Å². The first-order valence-electron chi connectivity index (χ1n) is 10.9. The summed E-state index contributed by atoms with van der Waals surface area (Å²) in [4.78, 5) is 26.3. The van der Waals surface area contributed by atoms with Crippen LogP contribution < -0.4 is 14.8 Å². The highest BCUT2D eigenvalue weighted by Crippen LogP contribution is 2.41. The lowest BCUT2D eigenvalue weighted by atomic mass is 10.0. The van der Waals surface area contributed by atoms with Crippen LogP contribution in [0.25, 0.3) is 11.1 Å². The van der Waals surface area contributed by atoms with E-state index in [-0.39, 0.29) is 18.4 Å². The van der Waals surface area contributed by atoms with E-state index in [1.807, 2.05) is 56.3 Å². The molecule has 2 aromatic carbocycles. The molecule has 3 rings (SSSR count). The number of thiophene rings is 1. The molecule has 0 fully saturated rings. The molecule has 0 spiro atoms. The van der Waals surface area contributed by atoms with E-state index < -0.39 is 5.97 Å². The van der Waals surface area contributed by atoms with Gasteiger partial charge in [0.15, 0.2) is 6.61 Å². The minimum Gasteiger partial charge on any atom is -0.494 e. The highest BCUT2D eigenvalue weighted by atomic mass is 79.9. The smallest absolute Gasteiger partial charge is 0.341 e. The quantitative estimate of drug-likeness (QED) is 0.299. The Morgan fingerprint density at radius 2 is 1.79 bits per heavy atom. The van der Waals surface area contributed by atoms with Crippen molar-refractivity contribution in [1.29, 1.82) is 0 Å². The number of amides is 1. The molecule has 3 aromatic rings. The van der Waals surface area contributed by atoms with Gasteiger partial charge in [-0.2, -0.15) is 0 Å². The highest BCUT2D eigenvalue weighted by molar-refractivity contribution is 9.10. The molecule has 8 heteroatoms. The van der Waals surface area contributed by atoms with Crippen LogP contribution in [0.15, 0.2) is 46.9 Å². The third-order valence-corrected chi connectivity index (χ3v) is 6.65. The third-order valence-electron chi connectivity index (χ3n) is 5.13. The van der Waals surface area contributed by atoms with Crippen LogP contribution in [0.3, 0.4) is 0 Å². The number of nitrogens with one attached hydrogen (secondary N) is 1. The van der Waals surface area contributed by atoms with Crippen molar-refractivity contribution in [3.8, 4) is 22.6 Å². The third kappa shape index (κ3) is 5.98. The normalized spacial score (nSPS) is 10.8. The van der Waals surface area contributed by atoms with Crippen LogP contribution in [-0.4, -0.2) is 32.2 Å². The standard InChI is InChI=1S/C26H28BrNO5S/c1-6-32-19-10-7-17(8-11-19)23-16(4)34-25(24(23)26(30)31-5)28-22(29)14-33-21-12-9-18(27)13-20(21)15(2)3/h7-13,15H,6,14H2,1-5H3,(H,28,29). The monoisotopic (exact) mass is 545 g/mol. The SMILES string of the molecule is CCOc1ccc(-c2c(C)sc(NC(=O)COc3ccc(Br)cc3C(C)C)c2C(=O)OC)cc1. The average Bonchev–Trinajstić information content (AvgIpc) is 3.13. The fraction of sp³-hybridized carbons (Fsp3) is 0.308. The number of anilines is 1. The molecule has 0 saturated heterocycles. The van der Waals surface area contributed by atoms with E-state index in [4.69, 9.17) is 14.2 Å². The number of methoxy groups -OCH3 is 1. The van der Waals surface area contributed by atoms with Gasteiger partial charge in [-0.15, -0.1) is 11.3 Å². The van der Waals surface area contributed by atoms with Crippen LogP contribution in [0, 0.1) is 6.92 Å². The van der Waals surface area contributed by atoms with Gasteiger partial charge in [-0.25, -0.2) is 4.79 Å². The summed E-state index contributed by atoms with van der Waals surface area (Å²) in [7, 11) is 1.33. The minimum atomic E-state index is -0.514. The average molecular weight is 546 g/mol. The molecule has 6 nitrogen and oxygen atoms in total. The molecule has 34 heavy (non-hydrogen) atoms. The lowest BCUT2D eigenvalue weighted by Gasteiger charge is -2.14. The Balaban J connectivity index is 1.84. The zero-order valence-electron chi connectivity index (χ0n) is 19.9. The van der Waals surface area contributed by atoms with Crippen molar-refractivity contribution < 1.29 is 23.8 Å². The molecule has 0 atom stereocenters. The number of carbonyl (C=O) groups excluding carboxylic acids is 2. The summed E-state index contributed by atoms with van der Waals surface area (Å²) in [6.45, 7) is 8.35. The number of carbonyl (C=O) groups is 2. The molecule has 1 aromatic heterocycles. The second-order valence-electron chi connectivity index (χ2n) is 7.86. The summed E-state index contributed by atoms with van der Waals surface area (Å²) in [5.74, 6) is 0.761. The second-order valence-corrected chi connectivity index (χ2v) is 10.0. The van der Waals surface area contributed by atoms with Gasteiger partial charge in [0.2, 0.25) is 0 Å². The lowest BCUT2D eigenvalue weighted by Crippen LogP contribution is -2.21. The predicted molar refractivity (Wildman–Crippen MR) is 139 cm³/mol. The van der Waals surface area contributed by atoms with Crippen molar-refractivity contribution in [2.45, 2.75) is 33.6 Å². The van der Waals surface area contributed by atoms with Crippen LogP contribution >= 0.6 is 27.3 Å². The van der Waals surface area contributed by atoms with E-state index in [1.165, 1.54) is 18.4 Å². The number of halogens is 1. The fourth-order valence-corrected chi connectivity index (χ4v) is 5.03. The Bertz CT molecular complexity index is 1170. The maximum Gasteiger partial charge on any atom is 0.341 e. The van der Waals surface area contributed by atoms with E-state index in [2.05, 4.69) is 35.1 Å². The molecule has 0 aliphatic heterocycles. The van der Waals surface area contributed by atoms with Crippen molar-refractivity contribution in [3.63, 3.8) is 0 Å². The Morgan fingerprint density at radius 1 is 1.09 bits per heavy atom. The lowest BCUT2D eigenvalue weighted by molar-refractivity contribution is -0.118. The van der Waals surface area contributed by atoms with Crippen molar-refractivity contribution in [2.24, 2.45) is 0 Å². The maximum atomic E-state index is 12.8. The van der Waals surface area contributed by atoms with Crippen molar-refractivity contribution >= 4 is 44.1 Å². The Morgan fingerprint density at radius 3 is 2.41 bits per heavy atom. The molecule has 1 amide bonds. The first kappa shape index (κ1) is 25.8. The van der Waals surface area contributed by atoms with E-state index in [0.29, 0.717) is 22.9 Å². The molecule has 0 radical (unpaired) electrons. The summed E-state index contributed by atoms with van der Waals surface area (Å²) in [5, 5.41) is 3.27. The number of ether oxygens (including phenoxy) is 3. The minimum absolute atomic E-state index is 0.183. The van der Waals surface area contributed by atoms with E-state index in [1.54, 1.807) is 0 Å². The number of aryl methyl sites for hydroxylation is 1. The summed E-state index contributed by atoms with van der Waals surface area (Å²) >= 11 is 4.80. The van der Waals surface area contributed by atoms with Gasteiger partial charge in [0.05, 0.1) is 13.7 Å². The van der Waals surface area contributed by atoms with Gasteiger partial charge in [0, 0.05) is 14.9 Å². The largest absolute Gasteiger partial charge is 0.494 e. The van der Waals surface area contributed by atoms with Gasteiger partial charge in [-0.05, 0) is 61.2 Å². The van der Waals surface area contributed by atoms with E-state index in [9.17, 15) is 9.59 Å². The molecule has 0 aliphatic carbocycles. The molecular formula is C26H28BrNO5S. The molecule has 1 heterocycles. The number of benzene rings is 2. The zero-order chi connectivity index (χ0) is 24.8. The number of rotatable bonds is 9. The number of hydrogen-bond donors (Lipinski definition) is 1. The molecule has 1 N–H and O–H groups in total. The van der Waals surface area contributed by atoms with Gasteiger partial charge in [-0.1, -0.05) is 41.9 Å². The summed E-state index contributed by atoms with van der Waals surface area (Å²) in [6, 6.07) is 13.2. The van der Waals surface area contributed by atoms with Gasteiger partial charge < -0.3 is 19.5 Å². The van der Waals surface area contributed by atoms with Crippen LogP contribution in [0.5, 0.6) is 11.5 Å². The van der Waals surface area contributed by atoms with Crippen molar-refractivity contribution in [1.82, 2.24) is 0 Å². The van der Waals surface area contributed by atoms with Crippen molar-refractivity contribution in [2.75, 3.05) is 25.6 Å². The first-order chi connectivity index (χ1) is 16.2. The predicted octanol–water partition coefficient (Wildman–Crippen LogP) is 6.81. The van der Waals surface area contributed by atoms with Gasteiger partial charge in [0.25, 0.3) is 5.91 Å². The van der Waals surface area contributed by atoms with E-state index >= 15 is 0 Å². The maximum absolute atomic E-state index is 12.8. The summed E-state index contributed by atoms with van der Waals surface area (Å²) < 4.78 is 17.3. The fourth-order valence-electron chi connectivity index (χ4n) is 3.57. The zero-order valence-corrected chi connectivity index (χ0v) is 22.3. The molecule has 0 aliphatic rings. The van der Waals surface area contributed by atoms with Crippen LogP contribution in [0.2, 0.25) is 0 Å². The molecular weight excluding hydrogens is 518 g/mol. The molecule has 180 valence electrons. The second kappa shape index (κ2) is 11.5. The molecule has 0 unspecified atom stereocenters. The van der Waals surface area contributed by atoms with Crippen LogP contribution in [0.4, 0.5) is 5.00 Å². The van der Waals surface area contributed by atoms with Crippen LogP contribution in [0.1, 0.15) is 47.5 Å². The number of esters is 1. The summed E-state index contributed by atoms with van der Waals surface area (Å²) in [5.41, 5.74) is 2.90. The van der Waals surface area contributed by atoms with Gasteiger partial charge in [-0.3, -0.25) is 4.79 Å². The Labute approximate surface area is 212 Å². The van der Waals surface area contributed by atoms with E-state index in [0.717, 1.165) is 31.8 Å². The Hall–Kier alpha value is -2.84. The van der Waals surface area contributed by atoms with Gasteiger partial charge >= 0.3 is 5.97 Å². The first-order valence-corrected chi connectivity index (χ1v) is 12.5. The topological polar surface area (TPSA) is 73.9 Å².